The van der Waals surface area contributed by atoms with Gasteiger partial charge in [0.2, 0.25) is 0 Å². The van der Waals surface area contributed by atoms with Gasteiger partial charge in [-0.15, -0.1) is 0 Å². The number of carbonyl (C=O) groups is 2. The Balaban J connectivity index is 1.69. The Hall–Kier alpha value is -3.50. The monoisotopic (exact) mass is 464 g/mol. The number of alkyl halides is 3. The topological polar surface area (TPSA) is 76.8 Å². The van der Waals surface area contributed by atoms with Crippen molar-refractivity contribution in [1.82, 2.24) is 19.5 Å². The highest BCUT2D eigenvalue weighted by Crippen LogP contribution is 2.34. The van der Waals surface area contributed by atoms with Gasteiger partial charge < -0.3 is 9.64 Å². The first-order valence-corrected chi connectivity index (χ1v) is 10.2. The molecule has 7 nitrogen and oxygen atoms in total. The van der Waals surface area contributed by atoms with Gasteiger partial charge in [0.25, 0.3) is 5.91 Å². The minimum Gasteiger partial charge on any atom is -0.469 e. The van der Waals surface area contributed by atoms with Crippen molar-refractivity contribution in [3.05, 3.63) is 53.6 Å². The highest BCUT2D eigenvalue weighted by atomic mass is 19.4. The van der Waals surface area contributed by atoms with Crippen LogP contribution in [0, 0.1) is 17.7 Å². The number of methoxy groups -OCH3 is 1. The van der Waals surface area contributed by atoms with E-state index in [1.54, 1.807) is 0 Å². The fourth-order valence-corrected chi connectivity index (χ4v) is 4.04. The molecule has 33 heavy (non-hydrogen) atoms. The smallest absolute Gasteiger partial charge is 0.420 e. The fraction of sp³-hybridized carbons (Fsp3) is 0.364. The van der Waals surface area contributed by atoms with Crippen molar-refractivity contribution in [2.75, 3.05) is 20.2 Å². The number of ether oxygens (including phenoxy) is 1. The van der Waals surface area contributed by atoms with Crippen LogP contribution in [-0.2, 0) is 15.7 Å². The van der Waals surface area contributed by atoms with Crippen LogP contribution in [0.5, 0.6) is 0 Å². The summed E-state index contributed by atoms with van der Waals surface area (Å²) in [7, 11) is 1.30. The van der Waals surface area contributed by atoms with Crippen molar-refractivity contribution in [2.24, 2.45) is 11.8 Å². The minimum atomic E-state index is -4.75. The second kappa shape index (κ2) is 8.45. The van der Waals surface area contributed by atoms with Crippen LogP contribution in [0.4, 0.5) is 17.6 Å². The third-order valence-electron chi connectivity index (χ3n) is 5.79. The van der Waals surface area contributed by atoms with Gasteiger partial charge in [-0.25, -0.2) is 13.9 Å². The fourth-order valence-electron chi connectivity index (χ4n) is 4.04. The molecule has 3 aromatic rings. The second-order valence-corrected chi connectivity index (χ2v) is 7.99. The number of imidazole rings is 1. The van der Waals surface area contributed by atoms with E-state index in [-0.39, 0.29) is 47.8 Å². The lowest BCUT2D eigenvalue weighted by Gasteiger charge is -2.35. The van der Waals surface area contributed by atoms with E-state index in [1.165, 1.54) is 24.1 Å². The van der Waals surface area contributed by atoms with E-state index in [1.807, 2.05) is 6.92 Å². The zero-order valence-corrected chi connectivity index (χ0v) is 17.8. The van der Waals surface area contributed by atoms with Gasteiger partial charge in [0, 0.05) is 18.7 Å². The van der Waals surface area contributed by atoms with Crippen LogP contribution in [0.25, 0.3) is 16.9 Å². The molecule has 0 spiro atoms. The number of amides is 1. The van der Waals surface area contributed by atoms with Gasteiger partial charge in [-0.2, -0.15) is 18.3 Å². The molecule has 1 aliphatic rings. The van der Waals surface area contributed by atoms with Gasteiger partial charge in [0.1, 0.15) is 17.1 Å². The molecule has 1 aliphatic heterocycles. The molecule has 0 unspecified atom stereocenters. The summed E-state index contributed by atoms with van der Waals surface area (Å²) in [5.41, 5.74) is -1.52. The lowest BCUT2D eigenvalue weighted by Crippen LogP contribution is -2.45. The zero-order valence-electron chi connectivity index (χ0n) is 17.8. The molecule has 0 aliphatic carbocycles. The van der Waals surface area contributed by atoms with E-state index in [0.717, 1.165) is 28.9 Å². The summed E-state index contributed by atoms with van der Waals surface area (Å²) < 4.78 is 60.2. The van der Waals surface area contributed by atoms with Crippen LogP contribution in [-0.4, -0.2) is 51.6 Å². The van der Waals surface area contributed by atoms with Crippen molar-refractivity contribution in [3.63, 3.8) is 0 Å². The van der Waals surface area contributed by atoms with Crippen LogP contribution in [0.1, 0.15) is 29.4 Å². The number of benzene rings is 1. The Kier molecular flexibility index (Phi) is 5.81. The molecule has 2 atom stereocenters. The maximum Gasteiger partial charge on any atom is 0.420 e. The number of carbonyl (C=O) groups excluding carboxylic acids is 2. The number of fused-ring (bicyclic) bond motifs is 1. The molecule has 0 N–H and O–H groups in total. The third-order valence-corrected chi connectivity index (χ3v) is 5.79. The van der Waals surface area contributed by atoms with Gasteiger partial charge in [0.15, 0.2) is 5.65 Å². The Morgan fingerprint density at radius 3 is 2.48 bits per heavy atom. The number of nitrogens with zero attached hydrogens (tertiary/aromatic N) is 4. The normalized spacial score (nSPS) is 19.0. The summed E-state index contributed by atoms with van der Waals surface area (Å²) in [5.74, 6) is -1.96. The average molecular weight is 464 g/mol. The van der Waals surface area contributed by atoms with E-state index in [4.69, 9.17) is 4.74 Å². The maximum atomic E-state index is 13.8. The number of halogens is 4. The summed E-state index contributed by atoms with van der Waals surface area (Å²) in [4.78, 5) is 30.3. The highest BCUT2D eigenvalue weighted by molar-refractivity contribution is 5.93. The van der Waals surface area contributed by atoms with Crippen molar-refractivity contribution < 1.29 is 31.9 Å². The van der Waals surface area contributed by atoms with Gasteiger partial charge in [-0.05, 0) is 42.7 Å². The molecule has 4 rings (SSSR count). The molecule has 0 saturated carbocycles. The van der Waals surface area contributed by atoms with E-state index >= 15 is 0 Å². The van der Waals surface area contributed by atoms with Crippen molar-refractivity contribution in [3.8, 4) is 11.3 Å². The quantitative estimate of drug-likeness (QED) is 0.435. The number of hydrogen-bond donors (Lipinski definition) is 0. The lowest BCUT2D eigenvalue weighted by atomic mass is 9.87. The third kappa shape index (κ3) is 4.39. The number of piperidine rings is 1. The molecular formula is C22H20F4N4O3. The van der Waals surface area contributed by atoms with E-state index in [2.05, 4.69) is 10.1 Å². The number of hydrogen-bond acceptors (Lipinski definition) is 5. The average Bonchev–Trinajstić information content (AvgIpc) is 3.21. The van der Waals surface area contributed by atoms with Crippen molar-refractivity contribution >= 4 is 17.5 Å². The van der Waals surface area contributed by atoms with Gasteiger partial charge in [-0.3, -0.25) is 9.59 Å². The number of rotatable bonds is 3. The molecule has 174 valence electrons. The SMILES string of the molecule is COC(=O)[C@@H]1CCN(C(=O)c2cn3nc(-c4ccc(F)cc4)cc(C(F)(F)F)c3n2)C[C@@H]1C. The molecular weight excluding hydrogens is 444 g/mol. The summed E-state index contributed by atoms with van der Waals surface area (Å²) in [6.07, 6.45) is -3.22. The maximum absolute atomic E-state index is 13.8. The standard InChI is InChI=1S/C22H20F4N4O3/c1-12-10-29(8-7-15(12)21(32)33-2)20(31)18-11-30-19(27-18)16(22(24,25)26)9-17(28-30)13-3-5-14(23)6-4-13/h3-6,9,11-12,15H,7-8,10H2,1-2H3/t12-,15+/m0/s1. The van der Waals surface area contributed by atoms with Crippen LogP contribution < -0.4 is 0 Å². The Labute approximate surface area is 186 Å². The summed E-state index contributed by atoms with van der Waals surface area (Å²) in [5, 5.41) is 4.16. The zero-order chi connectivity index (χ0) is 23.9. The van der Waals surface area contributed by atoms with Crippen LogP contribution in [0.15, 0.2) is 36.5 Å². The summed E-state index contributed by atoms with van der Waals surface area (Å²) >= 11 is 0. The Bertz CT molecular complexity index is 1210. The van der Waals surface area contributed by atoms with Crippen LogP contribution in [0.2, 0.25) is 0 Å². The van der Waals surface area contributed by atoms with E-state index in [0.29, 0.717) is 6.42 Å². The first-order valence-electron chi connectivity index (χ1n) is 10.2. The van der Waals surface area contributed by atoms with Gasteiger partial charge >= 0.3 is 12.1 Å². The molecule has 1 fully saturated rings. The first-order chi connectivity index (χ1) is 15.6. The molecule has 1 amide bonds. The van der Waals surface area contributed by atoms with Crippen molar-refractivity contribution in [2.45, 2.75) is 19.5 Å². The van der Waals surface area contributed by atoms with Gasteiger partial charge in [-0.1, -0.05) is 6.92 Å². The number of likely N-dealkylation sites (tertiary alicyclic amines) is 1. The molecule has 0 bridgehead atoms. The summed E-state index contributed by atoms with van der Waals surface area (Å²) in [6, 6.07) is 5.71. The van der Waals surface area contributed by atoms with Gasteiger partial charge in [0.05, 0.1) is 24.9 Å². The molecule has 3 heterocycles. The predicted octanol–water partition coefficient (Wildman–Crippen LogP) is 3.83. The van der Waals surface area contributed by atoms with E-state index < -0.39 is 29.1 Å². The van der Waals surface area contributed by atoms with E-state index in [9.17, 15) is 27.2 Å². The molecule has 2 aromatic heterocycles. The first kappa shape index (κ1) is 22.7. The predicted molar refractivity (Wildman–Crippen MR) is 109 cm³/mol. The molecule has 11 heteroatoms. The minimum absolute atomic E-state index is 0.0428. The Morgan fingerprint density at radius 1 is 1.18 bits per heavy atom. The Morgan fingerprint density at radius 2 is 1.88 bits per heavy atom. The lowest BCUT2D eigenvalue weighted by molar-refractivity contribution is -0.148. The van der Waals surface area contributed by atoms with Crippen LogP contribution >= 0.6 is 0 Å². The summed E-state index contributed by atoms with van der Waals surface area (Å²) in [6.45, 7) is 2.30. The van der Waals surface area contributed by atoms with Crippen LogP contribution in [0.3, 0.4) is 0 Å². The van der Waals surface area contributed by atoms with Crippen molar-refractivity contribution in [1.29, 1.82) is 0 Å². The highest BCUT2D eigenvalue weighted by Gasteiger charge is 2.37. The molecule has 1 aromatic carbocycles. The largest absolute Gasteiger partial charge is 0.469 e. The molecule has 1 saturated heterocycles. The number of aromatic nitrogens is 3. The molecule has 0 radical (unpaired) electrons. The number of esters is 1. The second-order valence-electron chi connectivity index (χ2n) is 7.99.